The summed E-state index contributed by atoms with van der Waals surface area (Å²) in [6.45, 7) is 14.9. The smallest absolute Gasteiger partial charge is 0.0577 e. The maximum atomic E-state index is 11.2. The van der Waals surface area contributed by atoms with Crippen molar-refractivity contribution in [2.75, 3.05) is 0 Å². The zero-order valence-electron chi connectivity index (χ0n) is 21.4. The van der Waals surface area contributed by atoms with Gasteiger partial charge >= 0.3 is 0 Å². The highest BCUT2D eigenvalue weighted by molar-refractivity contribution is 5.11. The molecule has 31 heavy (non-hydrogen) atoms. The molecule has 0 aromatic heterocycles. The van der Waals surface area contributed by atoms with Gasteiger partial charge in [0.2, 0.25) is 0 Å². The molecule has 180 valence electrons. The molecular formula is C29H52O2. The molecule has 2 nitrogen and oxygen atoms in total. The number of fused-ring (bicyclic) bond motifs is 5. The van der Waals surface area contributed by atoms with Crippen LogP contribution in [0.25, 0.3) is 0 Å². The van der Waals surface area contributed by atoms with E-state index in [2.05, 4.69) is 41.5 Å². The highest BCUT2D eigenvalue weighted by Gasteiger charge is 2.62. The third-order valence-corrected chi connectivity index (χ3v) is 11.9. The number of aliphatic hydroxyl groups is 2. The lowest BCUT2D eigenvalue weighted by Gasteiger charge is -2.62. The van der Waals surface area contributed by atoms with Crippen LogP contribution in [-0.2, 0) is 0 Å². The predicted molar refractivity (Wildman–Crippen MR) is 130 cm³/mol. The van der Waals surface area contributed by atoms with Crippen LogP contribution in [0.2, 0.25) is 0 Å². The Hall–Kier alpha value is -0.0800. The quantitative estimate of drug-likeness (QED) is 0.471. The first-order valence-electron chi connectivity index (χ1n) is 14.0. The highest BCUT2D eigenvalue weighted by atomic mass is 16.3. The summed E-state index contributed by atoms with van der Waals surface area (Å²) in [5, 5.41) is 21.5. The van der Waals surface area contributed by atoms with Gasteiger partial charge < -0.3 is 10.2 Å². The summed E-state index contributed by atoms with van der Waals surface area (Å²) >= 11 is 0. The second-order valence-electron chi connectivity index (χ2n) is 13.4. The maximum Gasteiger partial charge on any atom is 0.0577 e. The van der Waals surface area contributed by atoms with E-state index in [0.717, 1.165) is 61.2 Å². The van der Waals surface area contributed by atoms with Gasteiger partial charge in [-0.05, 0) is 116 Å². The zero-order chi connectivity index (χ0) is 22.6. The Bertz CT molecular complexity index is 616. The molecule has 0 radical (unpaired) electrons. The van der Waals surface area contributed by atoms with Crippen LogP contribution < -0.4 is 0 Å². The van der Waals surface area contributed by atoms with Gasteiger partial charge in [0.25, 0.3) is 0 Å². The summed E-state index contributed by atoms with van der Waals surface area (Å²) in [5.41, 5.74) is 0.732. The zero-order valence-corrected chi connectivity index (χ0v) is 21.4. The third kappa shape index (κ3) is 4.05. The molecule has 0 aliphatic heterocycles. The summed E-state index contributed by atoms with van der Waals surface area (Å²) in [6, 6.07) is 0. The lowest BCUT2D eigenvalue weighted by Crippen LogP contribution is -2.58. The van der Waals surface area contributed by atoms with Gasteiger partial charge in [-0.15, -0.1) is 0 Å². The minimum atomic E-state index is -0.198. The lowest BCUT2D eigenvalue weighted by atomic mass is 9.43. The monoisotopic (exact) mass is 432 g/mol. The van der Waals surface area contributed by atoms with Gasteiger partial charge in [0.05, 0.1) is 12.2 Å². The average molecular weight is 433 g/mol. The Kier molecular flexibility index (Phi) is 6.93. The molecule has 0 spiro atoms. The van der Waals surface area contributed by atoms with Crippen LogP contribution in [0.3, 0.4) is 0 Å². The van der Waals surface area contributed by atoms with Crippen LogP contribution in [-0.4, -0.2) is 22.4 Å². The van der Waals surface area contributed by atoms with Crippen molar-refractivity contribution >= 4 is 0 Å². The lowest BCUT2D eigenvalue weighted by molar-refractivity contribution is -0.172. The Morgan fingerprint density at radius 1 is 0.806 bits per heavy atom. The Balaban J connectivity index is 1.48. The van der Waals surface area contributed by atoms with Crippen LogP contribution in [0.1, 0.15) is 112 Å². The largest absolute Gasteiger partial charge is 0.393 e. The van der Waals surface area contributed by atoms with E-state index < -0.39 is 0 Å². The van der Waals surface area contributed by atoms with E-state index in [9.17, 15) is 10.2 Å². The van der Waals surface area contributed by atoms with E-state index in [0.29, 0.717) is 17.3 Å². The van der Waals surface area contributed by atoms with E-state index in [1.54, 1.807) is 0 Å². The van der Waals surface area contributed by atoms with Crippen LogP contribution in [0.5, 0.6) is 0 Å². The van der Waals surface area contributed by atoms with Crippen molar-refractivity contribution in [2.24, 2.45) is 58.2 Å². The second-order valence-corrected chi connectivity index (χ2v) is 13.4. The summed E-state index contributed by atoms with van der Waals surface area (Å²) < 4.78 is 0. The van der Waals surface area contributed by atoms with E-state index in [1.807, 2.05) is 0 Å². The second kappa shape index (κ2) is 8.94. The first-order chi connectivity index (χ1) is 14.6. The van der Waals surface area contributed by atoms with Crippen molar-refractivity contribution in [3.05, 3.63) is 0 Å². The molecule has 4 rings (SSSR count). The maximum absolute atomic E-state index is 11.2. The first kappa shape index (κ1) is 24.1. The fraction of sp³-hybridized carbons (Fsp3) is 1.00. The molecule has 2 heteroatoms. The molecule has 4 aliphatic rings. The SMILES string of the molecule is CC[C@H](CC[C@@H](C)[C@H]1CC[C@H]2[C@@H]3C[C@@H](O)C4C[C@@H](O)CC[C@]4(C)[C@H]3CC[C@]12C)C(C)C. The molecule has 0 aromatic carbocycles. The summed E-state index contributed by atoms with van der Waals surface area (Å²) in [6.07, 6.45) is 13.2. The highest BCUT2D eigenvalue weighted by Crippen LogP contribution is 2.68. The molecular weight excluding hydrogens is 380 g/mol. The minimum Gasteiger partial charge on any atom is -0.393 e. The van der Waals surface area contributed by atoms with Crippen molar-refractivity contribution in [1.29, 1.82) is 0 Å². The van der Waals surface area contributed by atoms with Gasteiger partial charge in [-0.2, -0.15) is 0 Å². The molecule has 4 saturated carbocycles. The fourth-order valence-electron chi connectivity index (χ4n) is 9.94. The molecule has 0 bridgehead atoms. The molecule has 0 saturated heterocycles. The van der Waals surface area contributed by atoms with Crippen molar-refractivity contribution in [2.45, 2.75) is 124 Å². The average Bonchev–Trinajstić information content (AvgIpc) is 3.07. The molecule has 2 N–H and O–H groups in total. The molecule has 4 aliphatic carbocycles. The standard InChI is InChI=1S/C29H52O2/c1-7-20(18(2)3)9-8-19(4)23-10-11-24-22-17-27(31)26-16-21(30)12-14-29(26,6)25(22)13-15-28(23,24)5/h18-27,30-31H,7-17H2,1-6H3/t19-,20-,21+,22+,23-,24+,25+,26?,27-,28-,29-/m1/s1. The summed E-state index contributed by atoms with van der Waals surface area (Å²) in [4.78, 5) is 0. The predicted octanol–water partition coefficient (Wildman–Crippen LogP) is 7.08. The molecule has 0 amide bonds. The van der Waals surface area contributed by atoms with Crippen LogP contribution in [0.15, 0.2) is 0 Å². The Morgan fingerprint density at radius 2 is 1.48 bits per heavy atom. The molecule has 0 aromatic rings. The third-order valence-electron chi connectivity index (χ3n) is 11.9. The van der Waals surface area contributed by atoms with E-state index in [4.69, 9.17) is 0 Å². The molecule has 1 unspecified atom stereocenters. The van der Waals surface area contributed by atoms with Crippen molar-refractivity contribution < 1.29 is 10.2 Å². The summed E-state index contributed by atoms with van der Waals surface area (Å²) in [7, 11) is 0. The van der Waals surface area contributed by atoms with Crippen molar-refractivity contribution in [1.82, 2.24) is 0 Å². The fourth-order valence-corrected chi connectivity index (χ4v) is 9.94. The Labute approximate surface area is 193 Å². The number of hydrogen-bond donors (Lipinski definition) is 2. The van der Waals surface area contributed by atoms with E-state index in [-0.39, 0.29) is 17.6 Å². The van der Waals surface area contributed by atoms with Crippen LogP contribution in [0, 0.1) is 58.2 Å². The number of aliphatic hydroxyl groups excluding tert-OH is 2. The first-order valence-corrected chi connectivity index (χ1v) is 14.0. The van der Waals surface area contributed by atoms with Gasteiger partial charge in [-0.1, -0.05) is 54.4 Å². The Morgan fingerprint density at radius 3 is 2.16 bits per heavy atom. The number of rotatable bonds is 6. The van der Waals surface area contributed by atoms with Crippen molar-refractivity contribution in [3.63, 3.8) is 0 Å². The minimum absolute atomic E-state index is 0.187. The van der Waals surface area contributed by atoms with E-state index in [1.165, 1.54) is 44.9 Å². The van der Waals surface area contributed by atoms with E-state index >= 15 is 0 Å². The molecule has 0 heterocycles. The van der Waals surface area contributed by atoms with Gasteiger partial charge in [0.15, 0.2) is 0 Å². The van der Waals surface area contributed by atoms with Crippen molar-refractivity contribution in [3.8, 4) is 0 Å². The summed E-state index contributed by atoms with van der Waals surface area (Å²) in [5.74, 6) is 6.01. The molecule has 11 atom stereocenters. The topological polar surface area (TPSA) is 40.5 Å². The number of hydrogen-bond acceptors (Lipinski definition) is 2. The normalized spacial score (nSPS) is 49.3. The van der Waals surface area contributed by atoms with Crippen LogP contribution in [0.4, 0.5) is 0 Å². The van der Waals surface area contributed by atoms with Gasteiger partial charge in [0, 0.05) is 0 Å². The van der Waals surface area contributed by atoms with Gasteiger partial charge in [0.1, 0.15) is 0 Å². The van der Waals surface area contributed by atoms with Gasteiger partial charge in [-0.3, -0.25) is 0 Å². The van der Waals surface area contributed by atoms with Crippen LogP contribution >= 0.6 is 0 Å². The molecule has 4 fully saturated rings. The van der Waals surface area contributed by atoms with Gasteiger partial charge in [-0.25, -0.2) is 0 Å².